The van der Waals surface area contributed by atoms with E-state index in [-0.39, 0.29) is 12.0 Å². The number of nitrogens with one attached hydrogen (secondary N) is 1. The van der Waals surface area contributed by atoms with E-state index in [1.165, 1.54) is 7.11 Å². The number of hydrogen-bond acceptors (Lipinski definition) is 6. The topological polar surface area (TPSA) is 80.6 Å². The number of nitrogens with zero attached hydrogens (tertiary/aromatic N) is 1. The van der Waals surface area contributed by atoms with Crippen LogP contribution in [0, 0.1) is 11.3 Å². The summed E-state index contributed by atoms with van der Waals surface area (Å²) in [5.74, 6) is 0.933. The minimum absolute atomic E-state index is 0.226. The van der Waals surface area contributed by atoms with Crippen molar-refractivity contribution in [1.29, 1.82) is 5.26 Å². The molecule has 2 atom stereocenters. The molecule has 0 bridgehead atoms. The number of rotatable bonds is 4. The Balaban J connectivity index is 2.10. The summed E-state index contributed by atoms with van der Waals surface area (Å²) in [7, 11) is 4.56. The normalized spacial score (nSPS) is 18.4. The van der Waals surface area contributed by atoms with Crippen molar-refractivity contribution in [3.8, 4) is 17.6 Å². The maximum absolute atomic E-state index is 12.1. The molecule has 0 aliphatic carbocycles. The van der Waals surface area contributed by atoms with E-state index in [1.54, 1.807) is 26.4 Å². The first kappa shape index (κ1) is 17.8. The second-order valence-electron chi connectivity index (χ2n) is 6.02. The van der Waals surface area contributed by atoms with Gasteiger partial charge in [0.15, 0.2) is 11.5 Å². The molecule has 1 aliphatic heterocycles. The molecular formula is C20H20N2O4. The fourth-order valence-electron chi connectivity index (χ4n) is 3.27. The largest absolute Gasteiger partial charge is 0.493 e. The average Bonchev–Trinajstić information content (AvgIpc) is 2.71. The Bertz CT molecular complexity index is 855. The third-order valence-electron chi connectivity index (χ3n) is 4.61. The van der Waals surface area contributed by atoms with Crippen LogP contribution in [0.2, 0.25) is 0 Å². The minimum Gasteiger partial charge on any atom is -0.493 e. The number of methoxy groups -OCH3 is 3. The second kappa shape index (κ2) is 7.46. The number of benzene rings is 2. The molecule has 3 rings (SSSR count). The first-order chi connectivity index (χ1) is 12.6. The number of hydrogen-bond donors (Lipinski definition) is 1. The van der Waals surface area contributed by atoms with E-state index in [2.05, 4.69) is 11.4 Å². The van der Waals surface area contributed by atoms with Gasteiger partial charge >= 0.3 is 5.97 Å². The second-order valence-corrected chi connectivity index (χ2v) is 6.02. The molecule has 6 heteroatoms. The lowest BCUT2D eigenvalue weighted by Gasteiger charge is -2.33. The Kier molecular flexibility index (Phi) is 5.10. The summed E-state index contributed by atoms with van der Waals surface area (Å²) >= 11 is 0. The Morgan fingerprint density at radius 3 is 2.35 bits per heavy atom. The van der Waals surface area contributed by atoms with Gasteiger partial charge in [-0.2, -0.15) is 5.26 Å². The first-order valence-corrected chi connectivity index (χ1v) is 8.20. The van der Waals surface area contributed by atoms with Crippen LogP contribution < -0.4 is 14.8 Å². The monoisotopic (exact) mass is 352 g/mol. The van der Waals surface area contributed by atoms with Crippen molar-refractivity contribution in [3.05, 3.63) is 58.7 Å². The van der Waals surface area contributed by atoms with E-state index < -0.39 is 6.04 Å². The number of carbonyl (C=O) groups excluding carboxylic acids is 1. The summed E-state index contributed by atoms with van der Waals surface area (Å²) in [4.78, 5) is 12.1. The summed E-state index contributed by atoms with van der Waals surface area (Å²) in [5, 5.41) is 12.4. The predicted molar refractivity (Wildman–Crippen MR) is 95.2 cm³/mol. The molecule has 26 heavy (non-hydrogen) atoms. The van der Waals surface area contributed by atoms with Crippen molar-refractivity contribution < 1.29 is 19.0 Å². The molecule has 2 aromatic carbocycles. The Morgan fingerprint density at radius 1 is 1.12 bits per heavy atom. The predicted octanol–water partition coefficient (Wildman–Crippen LogP) is 2.35. The van der Waals surface area contributed by atoms with E-state index in [0.29, 0.717) is 23.5 Å². The minimum atomic E-state index is -0.466. The molecule has 1 N–H and O–H groups in total. The molecular weight excluding hydrogens is 332 g/mol. The molecule has 0 unspecified atom stereocenters. The van der Waals surface area contributed by atoms with Crippen LogP contribution in [0.5, 0.6) is 11.5 Å². The molecule has 1 heterocycles. The van der Waals surface area contributed by atoms with Gasteiger partial charge in [-0.05, 0) is 47.4 Å². The third kappa shape index (κ3) is 3.22. The van der Waals surface area contributed by atoms with Gasteiger partial charge in [0.1, 0.15) is 6.04 Å². The van der Waals surface area contributed by atoms with Crippen LogP contribution >= 0.6 is 0 Å². The Hall–Kier alpha value is -3.04. The van der Waals surface area contributed by atoms with E-state index in [9.17, 15) is 4.79 Å². The van der Waals surface area contributed by atoms with Gasteiger partial charge in [-0.3, -0.25) is 10.1 Å². The lowest BCUT2D eigenvalue weighted by molar-refractivity contribution is -0.143. The molecule has 0 saturated heterocycles. The summed E-state index contributed by atoms with van der Waals surface area (Å²) in [6.45, 7) is 0. The smallest absolute Gasteiger partial charge is 0.323 e. The van der Waals surface area contributed by atoms with Crippen molar-refractivity contribution in [2.75, 3.05) is 21.3 Å². The van der Waals surface area contributed by atoms with Gasteiger partial charge in [0, 0.05) is 0 Å². The molecule has 0 spiro atoms. The lowest BCUT2D eigenvalue weighted by Crippen LogP contribution is -2.45. The zero-order valence-corrected chi connectivity index (χ0v) is 14.9. The molecule has 1 aliphatic rings. The highest BCUT2D eigenvalue weighted by Crippen LogP contribution is 2.38. The van der Waals surface area contributed by atoms with Crippen LogP contribution in [0.1, 0.15) is 28.3 Å². The van der Waals surface area contributed by atoms with Crippen molar-refractivity contribution in [2.45, 2.75) is 18.5 Å². The fourth-order valence-corrected chi connectivity index (χ4v) is 3.27. The molecule has 0 aromatic heterocycles. The van der Waals surface area contributed by atoms with Crippen molar-refractivity contribution in [2.24, 2.45) is 0 Å². The number of carbonyl (C=O) groups is 1. The van der Waals surface area contributed by atoms with Crippen LogP contribution in [-0.4, -0.2) is 33.3 Å². The number of ether oxygens (including phenoxy) is 3. The van der Waals surface area contributed by atoms with Crippen molar-refractivity contribution in [1.82, 2.24) is 5.32 Å². The summed E-state index contributed by atoms with van der Waals surface area (Å²) < 4.78 is 15.8. The van der Waals surface area contributed by atoms with Gasteiger partial charge in [0.05, 0.1) is 39.0 Å². The van der Waals surface area contributed by atoms with E-state index in [4.69, 9.17) is 19.5 Å². The maximum atomic E-state index is 12.1. The Morgan fingerprint density at radius 2 is 1.77 bits per heavy atom. The van der Waals surface area contributed by atoms with Crippen LogP contribution in [0.15, 0.2) is 36.4 Å². The van der Waals surface area contributed by atoms with Crippen LogP contribution in [0.25, 0.3) is 0 Å². The summed E-state index contributed by atoms with van der Waals surface area (Å²) in [5.41, 5.74) is 3.53. The molecule has 6 nitrogen and oxygen atoms in total. The molecule has 2 aromatic rings. The van der Waals surface area contributed by atoms with Gasteiger partial charge in [0.2, 0.25) is 0 Å². The first-order valence-electron chi connectivity index (χ1n) is 8.20. The molecule has 0 radical (unpaired) electrons. The maximum Gasteiger partial charge on any atom is 0.323 e. The number of fused-ring (bicyclic) bond motifs is 1. The number of nitriles is 1. The summed E-state index contributed by atoms with van der Waals surface area (Å²) in [6, 6.07) is 12.6. The Labute approximate surface area is 152 Å². The molecule has 0 amide bonds. The highest BCUT2D eigenvalue weighted by Gasteiger charge is 2.33. The van der Waals surface area contributed by atoms with Gasteiger partial charge in [0.25, 0.3) is 0 Å². The zero-order valence-electron chi connectivity index (χ0n) is 14.9. The third-order valence-corrected chi connectivity index (χ3v) is 4.61. The van der Waals surface area contributed by atoms with Gasteiger partial charge in [-0.15, -0.1) is 0 Å². The van der Waals surface area contributed by atoms with Gasteiger partial charge in [-0.25, -0.2) is 0 Å². The van der Waals surface area contributed by atoms with E-state index in [0.717, 1.165) is 16.7 Å². The molecule has 0 saturated carbocycles. The molecule has 0 fully saturated rings. The van der Waals surface area contributed by atoms with Crippen molar-refractivity contribution in [3.63, 3.8) is 0 Å². The van der Waals surface area contributed by atoms with E-state index >= 15 is 0 Å². The summed E-state index contributed by atoms with van der Waals surface area (Å²) in [6.07, 6.45) is 0.495. The quantitative estimate of drug-likeness (QED) is 0.851. The SMILES string of the molecule is COC(=O)[C@@H]1Cc2cc(OC)c(OC)cc2[C@H](c2ccc(C#N)cc2)N1. The van der Waals surface area contributed by atoms with Crippen LogP contribution in [-0.2, 0) is 16.0 Å². The average molecular weight is 352 g/mol. The zero-order chi connectivity index (χ0) is 18.7. The standard InChI is InChI=1S/C20H20N2O4/c1-24-17-9-14-8-16(20(23)26-3)22-19(15(14)10-18(17)25-2)13-6-4-12(11-21)5-7-13/h4-7,9-10,16,19,22H,8H2,1-3H3/t16-,19-/m0/s1. The highest BCUT2D eigenvalue weighted by molar-refractivity contribution is 5.77. The molecule has 134 valence electrons. The van der Waals surface area contributed by atoms with Crippen LogP contribution in [0.4, 0.5) is 0 Å². The van der Waals surface area contributed by atoms with Crippen LogP contribution in [0.3, 0.4) is 0 Å². The number of esters is 1. The van der Waals surface area contributed by atoms with Gasteiger partial charge in [-0.1, -0.05) is 12.1 Å². The fraction of sp³-hybridized carbons (Fsp3) is 0.300. The van der Waals surface area contributed by atoms with Crippen molar-refractivity contribution >= 4 is 5.97 Å². The lowest BCUT2D eigenvalue weighted by atomic mass is 9.86. The highest BCUT2D eigenvalue weighted by atomic mass is 16.5. The van der Waals surface area contributed by atoms with Gasteiger partial charge < -0.3 is 14.2 Å². The van der Waals surface area contributed by atoms with E-state index in [1.807, 2.05) is 24.3 Å².